The van der Waals surface area contributed by atoms with Crippen LogP contribution < -0.4 is 5.32 Å². The molecule has 2 heterocycles. The number of likely N-dealkylation sites (tertiary alicyclic amines) is 1. The summed E-state index contributed by atoms with van der Waals surface area (Å²) in [6.07, 6.45) is 6.00. The molecular formula is C20H25ClN4O. The Balaban J connectivity index is 1.30. The number of hydrogen-bond acceptors (Lipinski definition) is 3. The number of rotatable bonds is 6. The molecule has 138 valence electrons. The predicted molar refractivity (Wildman–Crippen MR) is 102 cm³/mol. The normalized spacial score (nSPS) is 22.1. The van der Waals surface area contributed by atoms with Gasteiger partial charge in [-0.2, -0.15) is 5.10 Å². The van der Waals surface area contributed by atoms with Crippen molar-refractivity contribution in [2.75, 3.05) is 19.6 Å². The molecule has 2 aromatic rings. The smallest absolute Gasteiger partial charge is 0.230 e. The molecule has 1 aliphatic heterocycles. The maximum Gasteiger partial charge on any atom is 0.230 e. The van der Waals surface area contributed by atoms with Crippen LogP contribution in [0.1, 0.15) is 36.9 Å². The second-order valence-corrected chi connectivity index (χ2v) is 8.06. The van der Waals surface area contributed by atoms with E-state index in [1.807, 2.05) is 30.3 Å². The molecule has 0 radical (unpaired) electrons. The van der Waals surface area contributed by atoms with Gasteiger partial charge in [-0.25, -0.2) is 0 Å². The fraction of sp³-hybridized carbons (Fsp3) is 0.500. The van der Waals surface area contributed by atoms with Gasteiger partial charge in [0, 0.05) is 36.5 Å². The highest BCUT2D eigenvalue weighted by atomic mass is 35.5. The van der Waals surface area contributed by atoms with Gasteiger partial charge in [-0.15, -0.1) is 0 Å². The first-order valence-electron chi connectivity index (χ1n) is 9.41. The molecule has 0 spiro atoms. The van der Waals surface area contributed by atoms with Crippen molar-refractivity contribution in [1.29, 1.82) is 0 Å². The van der Waals surface area contributed by atoms with Crippen molar-refractivity contribution in [1.82, 2.24) is 20.4 Å². The molecule has 1 atom stereocenters. The number of aromatic nitrogens is 2. The summed E-state index contributed by atoms with van der Waals surface area (Å²) in [6, 6.07) is 9.75. The van der Waals surface area contributed by atoms with E-state index in [1.165, 1.54) is 12.8 Å². The Bertz CT molecular complexity index is 740. The number of hydrogen-bond donors (Lipinski definition) is 2. The second-order valence-electron chi connectivity index (χ2n) is 7.62. The first-order chi connectivity index (χ1) is 12.7. The highest BCUT2D eigenvalue weighted by molar-refractivity contribution is 6.30. The van der Waals surface area contributed by atoms with Crippen molar-refractivity contribution < 1.29 is 4.79 Å². The first-order valence-corrected chi connectivity index (χ1v) is 9.78. The number of nitrogens with zero attached hydrogens (tertiary/aromatic N) is 2. The summed E-state index contributed by atoms with van der Waals surface area (Å²) in [5.74, 6) is 0.683. The van der Waals surface area contributed by atoms with Crippen molar-refractivity contribution in [3.05, 3.63) is 52.8 Å². The molecule has 1 aromatic carbocycles. The summed E-state index contributed by atoms with van der Waals surface area (Å²) < 4.78 is 0. The quantitative estimate of drug-likeness (QED) is 0.819. The number of halogens is 1. The van der Waals surface area contributed by atoms with Gasteiger partial charge in [-0.05, 0) is 61.9 Å². The Morgan fingerprint density at radius 2 is 2.12 bits per heavy atom. The van der Waals surface area contributed by atoms with Crippen LogP contribution in [0.5, 0.6) is 0 Å². The van der Waals surface area contributed by atoms with Crippen LogP contribution in [0.15, 0.2) is 36.5 Å². The van der Waals surface area contributed by atoms with Gasteiger partial charge in [-0.1, -0.05) is 23.7 Å². The molecule has 1 aliphatic carbocycles. The third-order valence-electron chi connectivity index (χ3n) is 5.69. The zero-order valence-electron chi connectivity index (χ0n) is 14.9. The molecule has 1 aromatic heterocycles. The average Bonchev–Trinajstić information content (AvgIpc) is 3.31. The lowest BCUT2D eigenvalue weighted by Crippen LogP contribution is -2.43. The molecule has 2 N–H and O–H groups in total. The molecule has 1 saturated carbocycles. The van der Waals surface area contributed by atoms with E-state index in [0.29, 0.717) is 10.9 Å². The zero-order valence-corrected chi connectivity index (χ0v) is 15.6. The number of aromatic amines is 1. The lowest BCUT2D eigenvalue weighted by molar-refractivity contribution is -0.123. The van der Waals surface area contributed by atoms with Crippen molar-refractivity contribution >= 4 is 17.5 Å². The largest absolute Gasteiger partial charge is 0.355 e. The molecule has 2 aliphatic rings. The molecule has 4 rings (SSSR count). The summed E-state index contributed by atoms with van der Waals surface area (Å²) in [4.78, 5) is 15.3. The monoisotopic (exact) mass is 372 g/mol. The Morgan fingerprint density at radius 3 is 2.81 bits per heavy atom. The van der Waals surface area contributed by atoms with Gasteiger partial charge in [0.1, 0.15) is 0 Å². The maximum absolute atomic E-state index is 12.8. The van der Waals surface area contributed by atoms with Gasteiger partial charge in [-0.3, -0.25) is 14.8 Å². The molecule has 5 nitrogen and oxygen atoms in total. The summed E-state index contributed by atoms with van der Waals surface area (Å²) in [6.45, 7) is 3.79. The average molecular weight is 373 g/mol. The first kappa shape index (κ1) is 17.6. The van der Waals surface area contributed by atoms with E-state index in [-0.39, 0.29) is 11.3 Å². The number of nitrogens with one attached hydrogen (secondary N) is 2. The van der Waals surface area contributed by atoms with Crippen LogP contribution >= 0.6 is 11.6 Å². The second kappa shape index (κ2) is 7.41. The summed E-state index contributed by atoms with van der Waals surface area (Å²) >= 11 is 5.98. The third-order valence-corrected chi connectivity index (χ3v) is 5.94. The maximum atomic E-state index is 12.8. The van der Waals surface area contributed by atoms with E-state index in [2.05, 4.69) is 20.4 Å². The minimum absolute atomic E-state index is 0.172. The van der Waals surface area contributed by atoms with E-state index in [1.54, 1.807) is 6.20 Å². The highest BCUT2D eigenvalue weighted by Gasteiger charge is 2.51. The summed E-state index contributed by atoms with van der Waals surface area (Å²) in [5, 5.41) is 11.0. The molecule has 0 bridgehead atoms. The van der Waals surface area contributed by atoms with Crippen LogP contribution in [-0.4, -0.2) is 40.6 Å². The predicted octanol–water partition coefficient (Wildman–Crippen LogP) is 3.12. The Kier molecular flexibility index (Phi) is 5.00. The van der Waals surface area contributed by atoms with Gasteiger partial charge >= 0.3 is 0 Å². The van der Waals surface area contributed by atoms with Crippen LogP contribution in [0.4, 0.5) is 0 Å². The number of carbonyl (C=O) groups excluding carboxylic acids is 1. The summed E-state index contributed by atoms with van der Waals surface area (Å²) in [5.41, 5.74) is 1.91. The van der Waals surface area contributed by atoms with Crippen LogP contribution in [-0.2, 0) is 16.8 Å². The summed E-state index contributed by atoms with van der Waals surface area (Å²) in [7, 11) is 0. The number of piperidine rings is 1. The Morgan fingerprint density at radius 1 is 1.31 bits per heavy atom. The Hall–Kier alpha value is -1.85. The minimum Gasteiger partial charge on any atom is -0.355 e. The van der Waals surface area contributed by atoms with E-state index in [4.69, 9.17) is 11.6 Å². The van der Waals surface area contributed by atoms with E-state index in [0.717, 1.165) is 50.3 Å². The van der Waals surface area contributed by atoms with Crippen LogP contribution in [0, 0.1) is 5.92 Å². The van der Waals surface area contributed by atoms with Gasteiger partial charge < -0.3 is 5.32 Å². The lowest BCUT2D eigenvalue weighted by Gasteiger charge is -2.32. The van der Waals surface area contributed by atoms with E-state index < -0.39 is 0 Å². The standard InChI is InChI=1S/C20H25ClN4O/c21-17-5-3-16(4-6-17)20(8-9-20)19(26)22-12-15-2-1-11-25(13-15)14-18-7-10-23-24-18/h3-7,10,15H,1-2,8-9,11-14H2,(H,22,26)(H,23,24). The van der Waals surface area contributed by atoms with E-state index in [9.17, 15) is 4.79 Å². The third kappa shape index (κ3) is 3.79. The fourth-order valence-electron chi connectivity index (χ4n) is 4.02. The molecule has 1 amide bonds. The van der Waals surface area contributed by atoms with Crippen molar-refractivity contribution in [2.24, 2.45) is 5.92 Å². The van der Waals surface area contributed by atoms with Crippen molar-refractivity contribution in [3.63, 3.8) is 0 Å². The molecule has 2 fully saturated rings. The van der Waals surface area contributed by atoms with Gasteiger partial charge in [0.25, 0.3) is 0 Å². The van der Waals surface area contributed by atoms with E-state index >= 15 is 0 Å². The Labute approximate surface area is 159 Å². The van der Waals surface area contributed by atoms with Gasteiger partial charge in [0.15, 0.2) is 0 Å². The molecule has 1 saturated heterocycles. The highest BCUT2D eigenvalue weighted by Crippen LogP contribution is 2.48. The van der Waals surface area contributed by atoms with Gasteiger partial charge in [0.05, 0.1) is 5.41 Å². The van der Waals surface area contributed by atoms with Crippen molar-refractivity contribution in [2.45, 2.75) is 37.6 Å². The SMILES string of the molecule is O=C(NCC1CCCN(Cc2ccn[nH]2)C1)C1(c2ccc(Cl)cc2)CC1. The zero-order chi connectivity index (χ0) is 18.0. The lowest BCUT2D eigenvalue weighted by atomic mass is 9.93. The van der Waals surface area contributed by atoms with Crippen LogP contribution in [0.3, 0.4) is 0 Å². The molecular weight excluding hydrogens is 348 g/mol. The molecule has 1 unspecified atom stereocenters. The molecule has 26 heavy (non-hydrogen) atoms. The number of amides is 1. The van der Waals surface area contributed by atoms with Crippen molar-refractivity contribution in [3.8, 4) is 0 Å². The molecule has 6 heteroatoms. The van der Waals surface area contributed by atoms with Crippen LogP contribution in [0.25, 0.3) is 0 Å². The van der Waals surface area contributed by atoms with Crippen LogP contribution in [0.2, 0.25) is 5.02 Å². The number of carbonyl (C=O) groups is 1. The fourth-order valence-corrected chi connectivity index (χ4v) is 4.15. The topological polar surface area (TPSA) is 61.0 Å². The number of H-pyrrole nitrogens is 1. The van der Waals surface area contributed by atoms with Gasteiger partial charge in [0.2, 0.25) is 5.91 Å². The number of benzene rings is 1. The minimum atomic E-state index is -0.325.